The highest BCUT2D eigenvalue weighted by atomic mass is 32.1. The second-order valence-corrected chi connectivity index (χ2v) is 8.12. The minimum absolute atomic E-state index is 0.124. The Morgan fingerprint density at radius 3 is 2.84 bits per heavy atom. The summed E-state index contributed by atoms with van der Waals surface area (Å²) >= 11 is 1.55. The van der Waals surface area contributed by atoms with E-state index in [1.54, 1.807) is 47.4 Å². The number of methoxy groups -OCH3 is 1. The molecule has 32 heavy (non-hydrogen) atoms. The van der Waals surface area contributed by atoms with E-state index in [0.717, 1.165) is 16.2 Å². The zero-order valence-electron chi connectivity index (χ0n) is 17.2. The van der Waals surface area contributed by atoms with E-state index < -0.39 is 0 Å². The molecular formula is C23H19N5O3S. The maximum absolute atomic E-state index is 13.3. The van der Waals surface area contributed by atoms with E-state index in [2.05, 4.69) is 15.4 Å². The Bertz CT molecular complexity index is 1490. The van der Waals surface area contributed by atoms with E-state index in [4.69, 9.17) is 4.74 Å². The van der Waals surface area contributed by atoms with Gasteiger partial charge < -0.3 is 10.1 Å². The first-order valence-corrected chi connectivity index (χ1v) is 10.8. The molecule has 0 radical (unpaired) electrons. The number of nitrogens with zero attached hydrogens (tertiary/aromatic N) is 4. The fourth-order valence-corrected chi connectivity index (χ4v) is 4.27. The topological polar surface area (TPSA) is 90.5 Å². The summed E-state index contributed by atoms with van der Waals surface area (Å²) in [6, 6.07) is 16.6. The average molecular weight is 446 g/mol. The number of aromatic nitrogens is 4. The van der Waals surface area contributed by atoms with Gasteiger partial charge in [0.05, 0.1) is 17.5 Å². The first-order valence-electron chi connectivity index (χ1n) is 9.95. The molecule has 9 heteroatoms. The number of carbonyl (C=O) groups is 1. The Hall–Kier alpha value is -3.98. The number of amides is 1. The van der Waals surface area contributed by atoms with E-state index in [-0.39, 0.29) is 18.0 Å². The lowest BCUT2D eigenvalue weighted by Gasteiger charge is -2.12. The number of ether oxygens (including phenoxy) is 1. The number of benzene rings is 1. The predicted molar refractivity (Wildman–Crippen MR) is 123 cm³/mol. The third-order valence-electron chi connectivity index (χ3n) is 5.13. The van der Waals surface area contributed by atoms with Gasteiger partial charge in [-0.3, -0.25) is 14.2 Å². The third kappa shape index (κ3) is 3.63. The fourth-order valence-electron chi connectivity index (χ4n) is 3.59. The van der Waals surface area contributed by atoms with Crippen LogP contribution in [0, 0.1) is 0 Å². The summed E-state index contributed by atoms with van der Waals surface area (Å²) in [5.74, 6) is 0.445. The van der Waals surface area contributed by atoms with Crippen LogP contribution in [0.2, 0.25) is 0 Å². The summed E-state index contributed by atoms with van der Waals surface area (Å²) in [7, 11) is 1.60. The Morgan fingerprint density at radius 1 is 1.12 bits per heavy atom. The van der Waals surface area contributed by atoms with Gasteiger partial charge in [0.2, 0.25) is 5.91 Å². The summed E-state index contributed by atoms with van der Waals surface area (Å²) in [4.78, 5) is 31.4. The molecule has 4 aromatic heterocycles. The standard InChI is InChI=1S/C23H19N5O3S/c1-31-16-6-2-5-15(11-16)13-25-21(29)14-27-18-7-3-9-24-22(18)28-19(23(27)30)12-17(26-28)20-8-4-10-32-20/h2-12H,13-14H2,1H3,(H,25,29). The predicted octanol–water partition coefficient (Wildman–Crippen LogP) is 3.10. The second kappa shape index (κ2) is 8.27. The number of hydrogen-bond donors (Lipinski definition) is 1. The van der Waals surface area contributed by atoms with Crippen LogP contribution in [0.25, 0.3) is 27.3 Å². The highest BCUT2D eigenvalue weighted by molar-refractivity contribution is 7.13. The SMILES string of the molecule is COc1cccc(CNC(=O)Cn2c(=O)c3cc(-c4cccs4)nn3c3ncccc32)c1. The van der Waals surface area contributed by atoms with Gasteiger partial charge in [-0.25, -0.2) is 9.50 Å². The Labute approximate surface area is 186 Å². The normalized spacial score (nSPS) is 11.2. The lowest BCUT2D eigenvalue weighted by Crippen LogP contribution is -2.33. The van der Waals surface area contributed by atoms with Crippen molar-refractivity contribution in [2.45, 2.75) is 13.1 Å². The number of rotatable bonds is 6. The van der Waals surface area contributed by atoms with Crippen LogP contribution in [-0.4, -0.2) is 32.2 Å². The fraction of sp³-hybridized carbons (Fsp3) is 0.130. The molecule has 5 rings (SSSR count). The van der Waals surface area contributed by atoms with Gasteiger partial charge in [-0.15, -0.1) is 11.3 Å². The van der Waals surface area contributed by atoms with Gasteiger partial charge in [0.1, 0.15) is 23.5 Å². The number of thiophene rings is 1. The van der Waals surface area contributed by atoms with Crippen molar-refractivity contribution in [1.82, 2.24) is 24.5 Å². The van der Waals surface area contributed by atoms with E-state index in [1.165, 1.54) is 4.57 Å². The van der Waals surface area contributed by atoms with Gasteiger partial charge in [0.25, 0.3) is 5.56 Å². The molecule has 0 atom stereocenters. The van der Waals surface area contributed by atoms with Crippen molar-refractivity contribution in [2.75, 3.05) is 7.11 Å². The van der Waals surface area contributed by atoms with E-state index in [1.807, 2.05) is 41.8 Å². The quantitative estimate of drug-likeness (QED) is 0.434. The lowest BCUT2D eigenvalue weighted by atomic mass is 10.2. The summed E-state index contributed by atoms with van der Waals surface area (Å²) < 4.78 is 8.21. The average Bonchev–Trinajstić information content (AvgIpc) is 3.51. The molecule has 0 aliphatic carbocycles. The first kappa shape index (κ1) is 20.0. The van der Waals surface area contributed by atoms with E-state index in [9.17, 15) is 9.59 Å². The molecular weight excluding hydrogens is 426 g/mol. The van der Waals surface area contributed by atoms with Crippen LogP contribution in [0.3, 0.4) is 0 Å². The van der Waals surface area contributed by atoms with Crippen LogP contribution >= 0.6 is 11.3 Å². The molecule has 0 saturated heterocycles. The summed E-state index contributed by atoms with van der Waals surface area (Å²) in [5.41, 5.74) is 2.75. The van der Waals surface area contributed by atoms with Crippen molar-refractivity contribution in [1.29, 1.82) is 0 Å². The molecule has 0 spiro atoms. The van der Waals surface area contributed by atoms with Gasteiger partial charge >= 0.3 is 0 Å². The number of hydrogen-bond acceptors (Lipinski definition) is 6. The summed E-state index contributed by atoms with van der Waals surface area (Å²) in [6.45, 7) is 0.208. The third-order valence-corrected chi connectivity index (χ3v) is 6.02. The van der Waals surface area contributed by atoms with Crippen molar-refractivity contribution >= 4 is 33.9 Å². The zero-order chi connectivity index (χ0) is 22.1. The van der Waals surface area contributed by atoms with Crippen molar-refractivity contribution in [2.24, 2.45) is 0 Å². The van der Waals surface area contributed by atoms with Crippen LogP contribution in [0.15, 0.2) is 71.0 Å². The maximum atomic E-state index is 13.3. The Kier molecular flexibility index (Phi) is 5.16. The molecule has 1 aromatic carbocycles. The van der Waals surface area contributed by atoms with Crippen LogP contribution < -0.4 is 15.6 Å². The molecule has 4 heterocycles. The second-order valence-electron chi connectivity index (χ2n) is 7.17. The molecule has 5 aromatic rings. The molecule has 1 amide bonds. The summed E-state index contributed by atoms with van der Waals surface area (Å²) in [6.07, 6.45) is 1.64. The van der Waals surface area contributed by atoms with E-state index in [0.29, 0.717) is 28.9 Å². The smallest absolute Gasteiger partial charge is 0.277 e. The first-order chi connectivity index (χ1) is 15.6. The van der Waals surface area contributed by atoms with Crippen LogP contribution in [0.5, 0.6) is 5.75 Å². The Balaban J connectivity index is 1.49. The molecule has 0 fully saturated rings. The number of fused-ring (bicyclic) bond motifs is 3. The number of pyridine rings is 1. The largest absolute Gasteiger partial charge is 0.497 e. The number of nitrogens with one attached hydrogen (secondary N) is 1. The van der Waals surface area contributed by atoms with Crippen molar-refractivity contribution in [3.05, 3.63) is 82.1 Å². The van der Waals surface area contributed by atoms with Crippen molar-refractivity contribution < 1.29 is 9.53 Å². The molecule has 0 aliphatic heterocycles. The molecule has 1 N–H and O–H groups in total. The maximum Gasteiger partial charge on any atom is 0.277 e. The molecule has 8 nitrogen and oxygen atoms in total. The lowest BCUT2D eigenvalue weighted by molar-refractivity contribution is -0.121. The van der Waals surface area contributed by atoms with Crippen LogP contribution in [0.1, 0.15) is 5.56 Å². The van der Waals surface area contributed by atoms with Gasteiger partial charge in [0.15, 0.2) is 5.65 Å². The van der Waals surface area contributed by atoms with Gasteiger partial charge in [-0.2, -0.15) is 5.10 Å². The molecule has 0 unspecified atom stereocenters. The van der Waals surface area contributed by atoms with Crippen molar-refractivity contribution in [3.8, 4) is 16.3 Å². The van der Waals surface area contributed by atoms with Gasteiger partial charge in [-0.05, 0) is 47.3 Å². The number of carbonyl (C=O) groups excluding carboxylic acids is 1. The zero-order valence-corrected chi connectivity index (χ0v) is 18.0. The molecule has 160 valence electrons. The van der Waals surface area contributed by atoms with E-state index >= 15 is 0 Å². The van der Waals surface area contributed by atoms with Gasteiger partial charge in [-0.1, -0.05) is 18.2 Å². The molecule has 0 aliphatic rings. The monoisotopic (exact) mass is 445 g/mol. The Morgan fingerprint density at radius 2 is 2.03 bits per heavy atom. The van der Waals surface area contributed by atoms with Crippen molar-refractivity contribution in [3.63, 3.8) is 0 Å². The highest BCUT2D eigenvalue weighted by Crippen LogP contribution is 2.25. The highest BCUT2D eigenvalue weighted by Gasteiger charge is 2.17. The molecule has 0 bridgehead atoms. The minimum Gasteiger partial charge on any atom is -0.497 e. The van der Waals surface area contributed by atoms with Crippen LogP contribution in [-0.2, 0) is 17.9 Å². The molecule has 0 saturated carbocycles. The minimum atomic E-state index is -0.294. The van der Waals surface area contributed by atoms with Crippen LogP contribution in [0.4, 0.5) is 0 Å². The summed E-state index contributed by atoms with van der Waals surface area (Å²) in [5, 5.41) is 9.43. The van der Waals surface area contributed by atoms with Gasteiger partial charge in [0, 0.05) is 12.7 Å².